The molecule has 4 heteroatoms. The van der Waals surface area contributed by atoms with Gasteiger partial charge in [-0.05, 0) is 36.3 Å². The Kier molecular flexibility index (Phi) is 2.59. The summed E-state index contributed by atoms with van der Waals surface area (Å²) in [5.41, 5.74) is 1.87. The van der Waals surface area contributed by atoms with Gasteiger partial charge in [-0.25, -0.2) is 0 Å². The number of rotatable bonds is 2. The zero-order valence-corrected chi connectivity index (χ0v) is 12.0. The van der Waals surface area contributed by atoms with Crippen LogP contribution < -0.4 is 0 Å². The Labute approximate surface area is 123 Å². The molecule has 2 atom stereocenters. The normalized spacial score (nSPS) is 30.1. The first kappa shape index (κ1) is 12.7. The maximum atomic E-state index is 12.6. The third-order valence-corrected chi connectivity index (χ3v) is 5.35. The highest BCUT2D eigenvalue weighted by Crippen LogP contribution is 2.58. The average Bonchev–Trinajstić information content (AvgIpc) is 2.96. The van der Waals surface area contributed by atoms with E-state index in [4.69, 9.17) is 0 Å². The number of benzene rings is 1. The van der Waals surface area contributed by atoms with E-state index in [0.29, 0.717) is 23.0 Å². The van der Waals surface area contributed by atoms with Crippen LogP contribution in [0.1, 0.15) is 45.5 Å². The van der Waals surface area contributed by atoms with Crippen LogP contribution in [0.15, 0.2) is 18.2 Å². The number of ketones is 1. The lowest BCUT2D eigenvalue weighted by atomic mass is 9.93. The molecule has 2 unspecified atom stereocenters. The Bertz CT molecular complexity index is 669. The van der Waals surface area contributed by atoms with Crippen LogP contribution in [0, 0.1) is 17.8 Å². The van der Waals surface area contributed by atoms with Crippen molar-refractivity contribution in [1.82, 2.24) is 4.90 Å². The molecule has 1 aromatic rings. The zero-order chi connectivity index (χ0) is 14.7. The zero-order valence-electron chi connectivity index (χ0n) is 12.0. The number of hydrogen-bond donors (Lipinski definition) is 0. The van der Waals surface area contributed by atoms with E-state index in [0.717, 1.165) is 10.5 Å². The molecule has 0 aromatic heterocycles. The van der Waals surface area contributed by atoms with Crippen molar-refractivity contribution in [2.24, 2.45) is 17.8 Å². The Morgan fingerprint density at radius 2 is 1.90 bits per heavy atom. The van der Waals surface area contributed by atoms with Crippen LogP contribution in [0.3, 0.4) is 0 Å². The smallest absolute Gasteiger partial charge is 0.260 e. The van der Waals surface area contributed by atoms with Crippen molar-refractivity contribution < 1.29 is 14.4 Å². The maximum Gasteiger partial charge on any atom is 0.260 e. The lowest BCUT2D eigenvalue weighted by molar-refractivity contribution is -0.127. The van der Waals surface area contributed by atoms with Crippen LogP contribution in [-0.2, 0) is 11.2 Å². The van der Waals surface area contributed by atoms with Crippen LogP contribution in [0.25, 0.3) is 0 Å². The topological polar surface area (TPSA) is 54.5 Å². The lowest BCUT2D eigenvalue weighted by Crippen LogP contribution is -2.39. The van der Waals surface area contributed by atoms with Gasteiger partial charge in [-0.2, -0.15) is 0 Å². The highest BCUT2D eigenvalue weighted by atomic mass is 16.2. The molecule has 2 saturated carbocycles. The molecule has 0 bridgehead atoms. The summed E-state index contributed by atoms with van der Waals surface area (Å²) >= 11 is 0. The Morgan fingerprint density at radius 1 is 1.19 bits per heavy atom. The van der Waals surface area contributed by atoms with Crippen LogP contribution in [0.4, 0.5) is 0 Å². The number of imide groups is 1. The number of amides is 2. The van der Waals surface area contributed by atoms with Crippen LogP contribution in [-0.4, -0.2) is 29.5 Å². The molecule has 2 aliphatic carbocycles. The highest BCUT2D eigenvalue weighted by molar-refractivity contribution is 6.11. The first-order valence-corrected chi connectivity index (χ1v) is 7.56. The molecule has 0 N–H and O–H groups in total. The van der Waals surface area contributed by atoms with Gasteiger partial charge < -0.3 is 0 Å². The molecule has 0 saturated heterocycles. The molecule has 4 nitrogen and oxygen atoms in total. The minimum Gasteiger partial charge on any atom is -0.294 e. The molecule has 4 rings (SSSR count). The third kappa shape index (κ3) is 1.78. The molecule has 2 fully saturated rings. The fourth-order valence-electron chi connectivity index (χ4n) is 4.06. The van der Waals surface area contributed by atoms with E-state index in [1.54, 1.807) is 18.2 Å². The minimum absolute atomic E-state index is 0.176. The van der Waals surface area contributed by atoms with E-state index < -0.39 is 0 Å². The number of Topliss-reactive ketones (excluding diaryl/α,β-unsaturated/α-hetero) is 1. The van der Waals surface area contributed by atoms with Gasteiger partial charge in [0, 0.05) is 24.1 Å². The highest BCUT2D eigenvalue weighted by Gasteiger charge is 2.56. The van der Waals surface area contributed by atoms with Crippen LogP contribution >= 0.6 is 0 Å². The fourth-order valence-corrected chi connectivity index (χ4v) is 4.06. The number of nitrogens with zero attached hydrogens (tertiary/aromatic N) is 1. The molecule has 0 radical (unpaired) electrons. The van der Waals surface area contributed by atoms with Crippen LogP contribution in [0.5, 0.6) is 0 Å². The van der Waals surface area contributed by atoms with E-state index in [1.165, 1.54) is 26.3 Å². The second-order valence-corrected chi connectivity index (χ2v) is 6.46. The van der Waals surface area contributed by atoms with E-state index in [2.05, 4.69) is 0 Å². The predicted octanol–water partition coefficient (Wildman–Crippen LogP) is 2.07. The summed E-state index contributed by atoms with van der Waals surface area (Å²) < 4.78 is 0. The van der Waals surface area contributed by atoms with Gasteiger partial charge in [0.1, 0.15) is 0 Å². The predicted molar refractivity (Wildman–Crippen MR) is 75.9 cm³/mol. The molecule has 2 amide bonds. The number of fused-ring (bicyclic) bond motifs is 2. The summed E-state index contributed by atoms with van der Waals surface area (Å²) in [7, 11) is 1.49. The molecule has 3 aliphatic rings. The van der Waals surface area contributed by atoms with Crippen molar-refractivity contribution in [3.63, 3.8) is 0 Å². The standard InChI is InChI=1S/C17H17NO3/c1-18-14(19)8-9-5-6-10(7-13(9)17(18)21)16(20)15-11-3-2-4-12(11)15/h5-7,11-12,15H,2-4,8H2,1H3. The summed E-state index contributed by atoms with van der Waals surface area (Å²) in [4.78, 5) is 37.6. The van der Waals surface area contributed by atoms with E-state index in [-0.39, 0.29) is 29.9 Å². The maximum absolute atomic E-state index is 12.6. The lowest BCUT2D eigenvalue weighted by Gasteiger charge is -2.23. The van der Waals surface area contributed by atoms with Crippen molar-refractivity contribution >= 4 is 17.6 Å². The molecule has 1 heterocycles. The number of hydrogen-bond acceptors (Lipinski definition) is 3. The summed E-state index contributed by atoms with van der Waals surface area (Å²) in [5, 5.41) is 0. The minimum atomic E-state index is -0.299. The monoisotopic (exact) mass is 283 g/mol. The quantitative estimate of drug-likeness (QED) is 0.617. The van der Waals surface area contributed by atoms with Gasteiger partial charge in [0.25, 0.3) is 5.91 Å². The van der Waals surface area contributed by atoms with Gasteiger partial charge in [0.15, 0.2) is 5.78 Å². The fraction of sp³-hybridized carbons (Fsp3) is 0.471. The first-order chi connectivity index (χ1) is 10.1. The van der Waals surface area contributed by atoms with Crippen molar-refractivity contribution in [1.29, 1.82) is 0 Å². The van der Waals surface area contributed by atoms with Crippen LogP contribution in [0.2, 0.25) is 0 Å². The van der Waals surface area contributed by atoms with Gasteiger partial charge in [0.05, 0.1) is 6.42 Å². The molecule has 1 aliphatic heterocycles. The number of carbonyl (C=O) groups excluding carboxylic acids is 3. The molecule has 0 spiro atoms. The molecule has 1 aromatic carbocycles. The van der Waals surface area contributed by atoms with Gasteiger partial charge in [-0.3, -0.25) is 19.3 Å². The van der Waals surface area contributed by atoms with E-state index in [1.807, 2.05) is 0 Å². The van der Waals surface area contributed by atoms with E-state index in [9.17, 15) is 14.4 Å². The Hall–Kier alpha value is -1.97. The Morgan fingerprint density at radius 3 is 2.62 bits per heavy atom. The average molecular weight is 283 g/mol. The van der Waals surface area contributed by atoms with Crippen molar-refractivity contribution in [3.05, 3.63) is 34.9 Å². The van der Waals surface area contributed by atoms with Crippen molar-refractivity contribution in [2.45, 2.75) is 25.7 Å². The molecular weight excluding hydrogens is 266 g/mol. The summed E-state index contributed by atoms with van der Waals surface area (Å²) in [6.45, 7) is 0. The second-order valence-electron chi connectivity index (χ2n) is 6.46. The SMILES string of the molecule is CN1C(=O)Cc2ccc(C(=O)C3C4CCCC43)cc2C1=O. The number of likely N-dealkylation sites (N-methyl/N-ethyl adjacent to an activating group) is 1. The van der Waals surface area contributed by atoms with Gasteiger partial charge in [0.2, 0.25) is 5.91 Å². The van der Waals surface area contributed by atoms with Gasteiger partial charge in [-0.1, -0.05) is 18.6 Å². The molecule has 108 valence electrons. The van der Waals surface area contributed by atoms with Gasteiger partial charge in [-0.15, -0.1) is 0 Å². The number of carbonyl (C=O) groups is 3. The van der Waals surface area contributed by atoms with E-state index >= 15 is 0 Å². The van der Waals surface area contributed by atoms with Crippen molar-refractivity contribution in [2.75, 3.05) is 7.05 Å². The molecule has 21 heavy (non-hydrogen) atoms. The van der Waals surface area contributed by atoms with Gasteiger partial charge >= 0.3 is 0 Å². The summed E-state index contributed by atoms with van der Waals surface area (Å²) in [5.74, 6) is 1.02. The first-order valence-electron chi connectivity index (χ1n) is 7.56. The summed E-state index contributed by atoms with van der Waals surface area (Å²) in [6.07, 6.45) is 3.82. The Balaban J connectivity index is 1.65. The molecular formula is C17H17NO3. The van der Waals surface area contributed by atoms with Crippen molar-refractivity contribution in [3.8, 4) is 0 Å². The summed E-state index contributed by atoms with van der Waals surface area (Å²) in [6, 6.07) is 5.24. The second kappa shape index (κ2) is 4.26. The largest absolute Gasteiger partial charge is 0.294 e. The third-order valence-electron chi connectivity index (χ3n) is 5.35.